The Kier molecular flexibility index (Phi) is 6.64. The molecule has 92 valence electrons. The summed E-state index contributed by atoms with van der Waals surface area (Å²) < 4.78 is 10.9. The van der Waals surface area contributed by atoms with Crippen LogP contribution in [0.5, 0.6) is 0 Å². The molecule has 1 heterocycles. The van der Waals surface area contributed by atoms with Crippen LogP contribution in [0, 0.1) is 0 Å². The highest BCUT2D eigenvalue weighted by Gasteiger charge is 2.11. The third kappa shape index (κ3) is 4.61. The van der Waals surface area contributed by atoms with Crippen molar-refractivity contribution in [3.8, 4) is 0 Å². The molecular formula is C12H21NO2S. The summed E-state index contributed by atoms with van der Waals surface area (Å²) in [6, 6.07) is 2.48. The minimum Gasteiger partial charge on any atom is -0.352 e. The van der Waals surface area contributed by atoms with E-state index in [0.717, 1.165) is 6.54 Å². The van der Waals surface area contributed by atoms with Crippen LogP contribution in [0.15, 0.2) is 16.8 Å². The first kappa shape index (κ1) is 13.6. The molecule has 1 aromatic rings. The molecule has 0 aliphatic rings. The molecular weight excluding hydrogens is 222 g/mol. The fourth-order valence-electron chi connectivity index (χ4n) is 1.45. The topological polar surface area (TPSA) is 30.5 Å². The van der Waals surface area contributed by atoms with Gasteiger partial charge in [0.1, 0.15) is 0 Å². The van der Waals surface area contributed by atoms with Gasteiger partial charge >= 0.3 is 0 Å². The summed E-state index contributed by atoms with van der Waals surface area (Å²) in [6.07, 6.45) is -0.143. The van der Waals surface area contributed by atoms with Gasteiger partial charge in [0.2, 0.25) is 0 Å². The number of hydrogen-bond acceptors (Lipinski definition) is 4. The number of hydrogen-bond donors (Lipinski definition) is 1. The lowest BCUT2D eigenvalue weighted by molar-refractivity contribution is -0.133. The molecule has 0 aliphatic carbocycles. The van der Waals surface area contributed by atoms with Crippen molar-refractivity contribution in [3.63, 3.8) is 0 Å². The highest BCUT2D eigenvalue weighted by molar-refractivity contribution is 7.07. The molecule has 0 radical (unpaired) electrons. The van der Waals surface area contributed by atoms with E-state index in [0.29, 0.717) is 19.3 Å². The van der Waals surface area contributed by atoms with Crippen LogP contribution in [-0.4, -0.2) is 26.0 Å². The average molecular weight is 243 g/mol. The normalized spacial score (nSPS) is 13.2. The third-order valence-electron chi connectivity index (χ3n) is 2.34. The molecule has 3 nitrogen and oxygen atoms in total. The van der Waals surface area contributed by atoms with Gasteiger partial charge in [0.25, 0.3) is 0 Å². The molecule has 1 N–H and O–H groups in total. The van der Waals surface area contributed by atoms with Crippen molar-refractivity contribution < 1.29 is 9.47 Å². The van der Waals surface area contributed by atoms with E-state index in [-0.39, 0.29) is 6.29 Å². The lowest BCUT2D eigenvalue weighted by Gasteiger charge is -2.20. The van der Waals surface area contributed by atoms with Crippen LogP contribution < -0.4 is 5.32 Å². The van der Waals surface area contributed by atoms with Gasteiger partial charge in [-0.05, 0) is 43.2 Å². The van der Waals surface area contributed by atoms with Gasteiger partial charge in [-0.15, -0.1) is 0 Å². The molecule has 0 fully saturated rings. The first-order valence-corrected chi connectivity index (χ1v) is 6.70. The predicted molar refractivity (Wildman–Crippen MR) is 67.8 cm³/mol. The van der Waals surface area contributed by atoms with Gasteiger partial charge in [0, 0.05) is 25.8 Å². The Morgan fingerprint density at radius 3 is 2.50 bits per heavy atom. The molecule has 1 rings (SSSR count). The van der Waals surface area contributed by atoms with Gasteiger partial charge in [0.05, 0.1) is 0 Å². The Morgan fingerprint density at radius 2 is 2.00 bits per heavy atom. The number of nitrogens with one attached hydrogen (secondary N) is 1. The number of ether oxygens (including phenoxy) is 2. The SMILES string of the molecule is CCOC(CNC(C)c1ccsc1)OCC. The molecule has 16 heavy (non-hydrogen) atoms. The lowest BCUT2D eigenvalue weighted by atomic mass is 10.2. The Bertz CT molecular complexity index is 258. The maximum Gasteiger partial charge on any atom is 0.169 e. The summed E-state index contributed by atoms with van der Waals surface area (Å²) in [7, 11) is 0. The van der Waals surface area contributed by atoms with Crippen LogP contribution in [0.25, 0.3) is 0 Å². The van der Waals surface area contributed by atoms with Crippen molar-refractivity contribution in [2.45, 2.75) is 33.1 Å². The fraction of sp³-hybridized carbons (Fsp3) is 0.667. The highest BCUT2D eigenvalue weighted by Crippen LogP contribution is 2.15. The minimum atomic E-state index is -0.143. The summed E-state index contributed by atoms with van der Waals surface area (Å²) >= 11 is 1.72. The quantitative estimate of drug-likeness (QED) is 0.712. The van der Waals surface area contributed by atoms with E-state index in [1.165, 1.54) is 5.56 Å². The Hall–Kier alpha value is -0.420. The summed E-state index contributed by atoms with van der Waals surface area (Å²) in [5, 5.41) is 7.67. The van der Waals surface area contributed by atoms with E-state index in [1.54, 1.807) is 11.3 Å². The van der Waals surface area contributed by atoms with Crippen molar-refractivity contribution >= 4 is 11.3 Å². The molecule has 0 bridgehead atoms. The van der Waals surface area contributed by atoms with E-state index in [9.17, 15) is 0 Å². The largest absolute Gasteiger partial charge is 0.352 e. The molecule has 0 aromatic carbocycles. The first-order chi connectivity index (χ1) is 7.77. The Labute approximate surface area is 102 Å². The van der Waals surface area contributed by atoms with Crippen LogP contribution >= 0.6 is 11.3 Å². The van der Waals surface area contributed by atoms with Gasteiger partial charge < -0.3 is 14.8 Å². The van der Waals surface area contributed by atoms with Gasteiger partial charge in [0.15, 0.2) is 6.29 Å². The minimum absolute atomic E-state index is 0.143. The zero-order chi connectivity index (χ0) is 11.8. The summed E-state index contributed by atoms with van der Waals surface area (Å²) in [5.74, 6) is 0. The molecule has 0 saturated heterocycles. The smallest absolute Gasteiger partial charge is 0.169 e. The first-order valence-electron chi connectivity index (χ1n) is 5.76. The standard InChI is InChI=1S/C12H21NO2S/c1-4-14-12(15-5-2)8-13-10(3)11-6-7-16-9-11/h6-7,9-10,12-13H,4-5,8H2,1-3H3. The van der Waals surface area contributed by atoms with Crippen LogP contribution in [-0.2, 0) is 9.47 Å². The van der Waals surface area contributed by atoms with Crippen molar-refractivity contribution in [3.05, 3.63) is 22.4 Å². The van der Waals surface area contributed by atoms with E-state index < -0.39 is 0 Å². The second kappa shape index (κ2) is 7.79. The van der Waals surface area contributed by atoms with Gasteiger partial charge in [-0.1, -0.05) is 0 Å². The molecule has 0 aliphatic heterocycles. The summed E-state index contributed by atoms with van der Waals surface area (Å²) in [5.41, 5.74) is 1.32. The molecule has 1 atom stereocenters. The van der Waals surface area contributed by atoms with E-state index in [4.69, 9.17) is 9.47 Å². The van der Waals surface area contributed by atoms with Crippen LogP contribution in [0.1, 0.15) is 32.4 Å². The monoisotopic (exact) mass is 243 g/mol. The van der Waals surface area contributed by atoms with Crippen LogP contribution in [0.4, 0.5) is 0 Å². The second-order valence-corrected chi connectivity index (χ2v) is 4.31. The Morgan fingerprint density at radius 1 is 1.31 bits per heavy atom. The van der Waals surface area contributed by atoms with Crippen molar-refractivity contribution in [2.24, 2.45) is 0 Å². The molecule has 0 spiro atoms. The summed E-state index contributed by atoms with van der Waals surface area (Å²) in [4.78, 5) is 0. The number of thiophene rings is 1. The lowest BCUT2D eigenvalue weighted by Crippen LogP contribution is -2.33. The zero-order valence-corrected chi connectivity index (χ0v) is 11.0. The van der Waals surface area contributed by atoms with E-state index in [1.807, 2.05) is 13.8 Å². The molecule has 4 heteroatoms. The maximum atomic E-state index is 5.47. The third-order valence-corrected chi connectivity index (χ3v) is 3.04. The second-order valence-electron chi connectivity index (χ2n) is 3.53. The number of rotatable bonds is 8. The zero-order valence-electron chi connectivity index (χ0n) is 10.2. The van der Waals surface area contributed by atoms with Crippen LogP contribution in [0.3, 0.4) is 0 Å². The molecule has 1 aromatic heterocycles. The maximum absolute atomic E-state index is 5.47. The van der Waals surface area contributed by atoms with Crippen molar-refractivity contribution in [2.75, 3.05) is 19.8 Å². The predicted octanol–water partition coefficient (Wildman–Crippen LogP) is 2.80. The average Bonchev–Trinajstić information content (AvgIpc) is 2.79. The van der Waals surface area contributed by atoms with Gasteiger partial charge in [-0.2, -0.15) is 11.3 Å². The molecule has 0 saturated carbocycles. The highest BCUT2D eigenvalue weighted by atomic mass is 32.1. The van der Waals surface area contributed by atoms with Gasteiger partial charge in [-0.25, -0.2) is 0 Å². The van der Waals surface area contributed by atoms with Crippen molar-refractivity contribution in [1.82, 2.24) is 5.32 Å². The van der Waals surface area contributed by atoms with Crippen molar-refractivity contribution in [1.29, 1.82) is 0 Å². The Balaban J connectivity index is 2.30. The molecule has 1 unspecified atom stereocenters. The van der Waals surface area contributed by atoms with Crippen LogP contribution in [0.2, 0.25) is 0 Å². The van der Waals surface area contributed by atoms with Gasteiger partial charge in [-0.3, -0.25) is 0 Å². The van der Waals surface area contributed by atoms with E-state index >= 15 is 0 Å². The summed E-state index contributed by atoms with van der Waals surface area (Å²) in [6.45, 7) is 8.19. The fourth-order valence-corrected chi connectivity index (χ4v) is 2.20. The van der Waals surface area contributed by atoms with E-state index in [2.05, 4.69) is 29.1 Å². The molecule has 0 amide bonds.